The van der Waals surface area contributed by atoms with Crippen LogP contribution >= 0.6 is 11.3 Å². The molecule has 0 aliphatic carbocycles. The smallest absolute Gasteiger partial charge is 0.347 e. The Morgan fingerprint density at radius 3 is 2.40 bits per heavy atom. The average molecular weight is 290 g/mol. The number of hydrogen-bond donors (Lipinski definition) is 1. The summed E-state index contributed by atoms with van der Waals surface area (Å²) in [6, 6.07) is 2.03. The molecule has 2 aromatic rings. The molecule has 106 valence electrons. The van der Waals surface area contributed by atoms with Crippen molar-refractivity contribution in [2.45, 2.75) is 40.0 Å². The maximum atomic E-state index is 11.4. The third kappa shape index (κ3) is 2.72. The number of nitrogens with zero attached hydrogens (tertiary/aromatic N) is 2. The number of aromatic nitrogens is 2. The molecule has 0 radical (unpaired) electrons. The van der Waals surface area contributed by atoms with E-state index in [1.165, 1.54) is 11.3 Å². The first kappa shape index (κ1) is 14.7. The second-order valence-corrected chi connectivity index (χ2v) is 6.93. The SMILES string of the molecule is Cc1cnc(-c2nc(C(C)(C)C)c(C(=O)O)s2)c(C)c1. The topological polar surface area (TPSA) is 63.1 Å². The van der Waals surface area contributed by atoms with E-state index in [0.29, 0.717) is 15.6 Å². The Labute approximate surface area is 122 Å². The number of carboxylic acids is 1. The van der Waals surface area contributed by atoms with Gasteiger partial charge >= 0.3 is 5.97 Å². The van der Waals surface area contributed by atoms with Crippen LogP contribution in [-0.2, 0) is 5.41 Å². The van der Waals surface area contributed by atoms with Crippen LogP contribution in [0.15, 0.2) is 12.3 Å². The Kier molecular flexibility index (Phi) is 3.65. The molecular formula is C15H18N2O2S. The molecule has 0 spiro atoms. The van der Waals surface area contributed by atoms with Gasteiger partial charge in [-0.1, -0.05) is 26.8 Å². The van der Waals surface area contributed by atoms with Gasteiger partial charge in [0.05, 0.1) is 5.69 Å². The number of aryl methyl sites for hydroxylation is 2. The zero-order valence-electron chi connectivity index (χ0n) is 12.3. The lowest BCUT2D eigenvalue weighted by molar-refractivity contribution is 0.0699. The average Bonchev–Trinajstić information content (AvgIpc) is 2.73. The van der Waals surface area contributed by atoms with Gasteiger partial charge in [0.15, 0.2) is 0 Å². The van der Waals surface area contributed by atoms with Crippen molar-refractivity contribution in [2.24, 2.45) is 0 Å². The number of hydrogen-bond acceptors (Lipinski definition) is 4. The fourth-order valence-electron chi connectivity index (χ4n) is 2.01. The van der Waals surface area contributed by atoms with E-state index in [2.05, 4.69) is 9.97 Å². The zero-order chi connectivity index (χ0) is 15.1. The third-order valence-corrected chi connectivity index (χ3v) is 4.00. The molecule has 0 atom stereocenters. The summed E-state index contributed by atoms with van der Waals surface area (Å²) in [7, 11) is 0. The maximum Gasteiger partial charge on any atom is 0.347 e. The Hall–Kier alpha value is -1.75. The van der Waals surface area contributed by atoms with Crippen LogP contribution in [-0.4, -0.2) is 21.0 Å². The summed E-state index contributed by atoms with van der Waals surface area (Å²) in [4.78, 5) is 20.6. The zero-order valence-corrected chi connectivity index (χ0v) is 13.1. The molecule has 1 N–H and O–H groups in total. The van der Waals surface area contributed by atoms with Crippen molar-refractivity contribution in [1.82, 2.24) is 9.97 Å². The van der Waals surface area contributed by atoms with Gasteiger partial charge in [0.25, 0.3) is 0 Å². The molecule has 20 heavy (non-hydrogen) atoms. The fourth-order valence-corrected chi connectivity index (χ4v) is 3.19. The van der Waals surface area contributed by atoms with Crippen molar-refractivity contribution < 1.29 is 9.90 Å². The minimum Gasteiger partial charge on any atom is -0.477 e. The van der Waals surface area contributed by atoms with Gasteiger partial charge < -0.3 is 5.11 Å². The third-order valence-electron chi connectivity index (χ3n) is 2.95. The Bertz CT molecular complexity index is 669. The minimum absolute atomic E-state index is 0.300. The van der Waals surface area contributed by atoms with Gasteiger partial charge in [-0.05, 0) is 25.0 Å². The first-order chi connectivity index (χ1) is 9.20. The standard InChI is InChI=1S/C15H18N2O2S/c1-8-6-9(2)10(16-7-8)13-17-12(15(3,4)5)11(20-13)14(18)19/h6-7H,1-5H3,(H,18,19). The Balaban J connectivity index is 2.62. The summed E-state index contributed by atoms with van der Waals surface area (Å²) < 4.78 is 0. The van der Waals surface area contributed by atoms with Crippen molar-refractivity contribution in [2.75, 3.05) is 0 Å². The lowest BCUT2D eigenvalue weighted by Crippen LogP contribution is -2.16. The Morgan fingerprint density at radius 2 is 1.95 bits per heavy atom. The predicted molar refractivity (Wildman–Crippen MR) is 80.5 cm³/mol. The summed E-state index contributed by atoms with van der Waals surface area (Å²) >= 11 is 1.19. The molecule has 0 aliphatic heterocycles. The molecule has 2 heterocycles. The van der Waals surface area contributed by atoms with Crippen molar-refractivity contribution in [3.63, 3.8) is 0 Å². The van der Waals surface area contributed by atoms with E-state index in [9.17, 15) is 9.90 Å². The van der Waals surface area contributed by atoms with E-state index < -0.39 is 5.97 Å². The van der Waals surface area contributed by atoms with Gasteiger partial charge in [-0.15, -0.1) is 11.3 Å². The van der Waals surface area contributed by atoms with Crippen LogP contribution in [0.4, 0.5) is 0 Å². The number of carboxylic acid groups (broad SMARTS) is 1. The van der Waals surface area contributed by atoms with Gasteiger partial charge in [-0.25, -0.2) is 9.78 Å². The number of carbonyl (C=O) groups is 1. The van der Waals surface area contributed by atoms with Crippen LogP contribution in [0.2, 0.25) is 0 Å². The van der Waals surface area contributed by atoms with Crippen LogP contribution in [0.5, 0.6) is 0 Å². The molecule has 0 aromatic carbocycles. The molecule has 0 amide bonds. The maximum absolute atomic E-state index is 11.4. The van der Waals surface area contributed by atoms with Gasteiger partial charge in [-0.2, -0.15) is 0 Å². The number of pyridine rings is 1. The molecule has 0 aliphatic rings. The molecule has 0 fully saturated rings. The molecular weight excluding hydrogens is 272 g/mol. The lowest BCUT2D eigenvalue weighted by atomic mass is 9.91. The normalized spacial score (nSPS) is 11.7. The van der Waals surface area contributed by atoms with Crippen LogP contribution in [0.3, 0.4) is 0 Å². The van der Waals surface area contributed by atoms with E-state index in [1.807, 2.05) is 40.7 Å². The quantitative estimate of drug-likeness (QED) is 0.913. The number of rotatable bonds is 2. The molecule has 2 rings (SSSR count). The van der Waals surface area contributed by atoms with Gasteiger partial charge in [-0.3, -0.25) is 4.98 Å². The van der Waals surface area contributed by atoms with Crippen LogP contribution in [0, 0.1) is 13.8 Å². The summed E-state index contributed by atoms with van der Waals surface area (Å²) in [5.74, 6) is -0.927. The molecule has 5 heteroatoms. The molecule has 0 bridgehead atoms. The number of aromatic carboxylic acids is 1. The van der Waals surface area contributed by atoms with Gasteiger partial charge in [0.1, 0.15) is 15.6 Å². The van der Waals surface area contributed by atoms with Crippen LogP contribution < -0.4 is 0 Å². The minimum atomic E-state index is -0.927. The van der Waals surface area contributed by atoms with Crippen molar-refractivity contribution >= 4 is 17.3 Å². The summed E-state index contributed by atoms with van der Waals surface area (Å²) in [5, 5.41) is 10.0. The fraction of sp³-hybridized carbons (Fsp3) is 0.400. The molecule has 0 saturated heterocycles. The summed E-state index contributed by atoms with van der Waals surface area (Å²) in [6.45, 7) is 9.85. The van der Waals surface area contributed by atoms with E-state index >= 15 is 0 Å². The van der Waals surface area contributed by atoms with Crippen LogP contribution in [0.1, 0.15) is 47.3 Å². The van der Waals surface area contributed by atoms with E-state index in [-0.39, 0.29) is 5.41 Å². The van der Waals surface area contributed by atoms with Crippen molar-refractivity contribution in [1.29, 1.82) is 0 Å². The highest BCUT2D eigenvalue weighted by molar-refractivity contribution is 7.17. The van der Waals surface area contributed by atoms with Crippen LogP contribution in [0.25, 0.3) is 10.7 Å². The molecule has 0 saturated carbocycles. The highest BCUT2D eigenvalue weighted by Crippen LogP contribution is 2.34. The Morgan fingerprint density at radius 1 is 1.30 bits per heavy atom. The lowest BCUT2D eigenvalue weighted by Gasteiger charge is -2.16. The highest BCUT2D eigenvalue weighted by Gasteiger charge is 2.27. The van der Waals surface area contributed by atoms with Gasteiger partial charge in [0, 0.05) is 11.6 Å². The highest BCUT2D eigenvalue weighted by atomic mass is 32.1. The second kappa shape index (κ2) is 4.98. The molecule has 4 nitrogen and oxygen atoms in total. The van der Waals surface area contributed by atoms with Gasteiger partial charge in [0.2, 0.25) is 0 Å². The molecule has 2 aromatic heterocycles. The monoisotopic (exact) mass is 290 g/mol. The van der Waals surface area contributed by atoms with E-state index in [1.54, 1.807) is 6.20 Å². The number of thiazole rings is 1. The van der Waals surface area contributed by atoms with E-state index in [4.69, 9.17) is 0 Å². The summed E-state index contributed by atoms with van der Waals surface area (Å²) in [5.41, 5.74) is 3.17. The van der Waals surface area contributed by atoms with E-state index in [0.717, 1.165) is 16.8 Å². The van der Waals surface area contributed by atoms with Crippen molar-refractivity contribution in [3.05, 3.63) is 34.0 Å². The summed E-state index contributed by atoms with van der Waals surface area (Å²) in [6.07, 6.45) is 1.78. The first-order valence-electron chi connectivity index (χ1n) is 6.38. The largest absolute Gasteiger partial charge is 0.477 e. The van der Waals surface area contributed by atoms with Crippen molar-refractivity contribution in [3.8, 4) is 10.7 Å². The second-order valence-electron chi connectivity index (χ2n) is 5.93. The first-order valence-corrected chi connectivity index (χ1v) is 7.20. The predicted octanol–water partition coefficient (Wildman–Crippen LogP) is 3.82. The molecule has 0 unspecified atom stereocenters.